The first-order chi connectivity index (χ1) is 10.7. The summed E-state index contributed by atoms with van der Waals surface area (Å²) in [6.45, 7) is 2.11. The Hall–Kier alpha value is -1.66. The predicted molar refractivity (Wildman–Crippen MR) is 88.3 cm³/mol. The number of hydrogen-bond acceptors (Lipinski definition) is 4. The minimum Gasteiger partial charge on any atom is -0.391 e. The number of β-amino-alcohol motifs (C(OH)–C–C–N with tert-alkyl or cyclic N) is 1. The molecule has 3 rings (SSSR count). The van der Waals surface area contributed by atoms with E-state index in [1.54, 1.807) is 6.20 Å². The fraction of sp³-hybridized carbons (Fsp3) is 0.400. The number of halogens is 1. The summed E-state index contributed by atoms with van der Waals surface area (Å²) < 4.78 is 0.981. The second-order valence-electron chi connectivity index (χ2n) is 5.54. The molecule has 1 aliphatic heterocycles. The fourth-order valence-electron chi connectivity index (χ4n) is 2.86. The normalized spacial score (nSPS) is 22.5. The Balaban J connectivity index is 1.74. The summed E-state index contributed by atoms with van der Waals surface area (Å²) in [5.74, 6) is 0. The van der Waals surface area contributed by atoms with Crippen molar-refractivity contribution in [1.82, 2.24) is 9.88 Å². The number of azide groups is 1. The van der Waals surface area contributed by atoms with Gasteiger partial charge < -0.3 is 5.11 Å². The highest BCUT2D eigenvalue weighted by Crippen LogP contribution is 2.25. The molecule has 1 aliphatic rings. The molecule has 0 radical (unpaired) electrons. The average molecular weight is 362 g/mol. The van der Waals surface area contributed by atoms with Crippen LogP contribution in [0.3, 0.4) is 0 Å². The Morgan fingerprint density at radius 1 is 1.45 bits per heavy atom. The summed E-state index contributed by atoms with van der Waals surface area (Å²) in [5, 5.41) is 15.9. The van der Waals surface area contributed by atoms with Crippen molar-refractivity contribution in [2.24, 2.45) is 5.11 Å². The standard InChI is InChI=1S/C15H16BrN5O/c16-13-7-18-6-11-2-1-10(5-12(11)13)8-21-4-3-14(19-20-17)15(22)9-21/h1-2,5-7,14-15,22H,3-4,8-9H2. The minimum atomic E-state index is -0.596. The van der Waals surface area contributed by atoms with Crippen LogP contribution in [-0.2, 0) is 6.54 Å². The molecule has 2 unspecified atom stereocenters. The van der Waals surface area contributed by atoms with Crippen molar-refractivity contribution in [3.05, 3.63) is 51.1 Å². The average Bonchev–Trinajstić information content (AvgIpc) is 2.51. The van der Waals surface area contributed by atoms with Crippen LogP contribution in [0.2, 0.25) is 0 Å². The maximum Gasteiger partial charge on any atom is 0.0752 e. The topological polar surface area (TPSA) is 85.1 Å². The Morgan fingerprint density at radius 3 is 3.09 bits per heavy atom. The van der Waals surface area contributed by atoms with Crippen molar-refractivity contribution in [3.63, 3.8) is 0 Å². The lowest BCUT2D eigenvalue weighted by Crippen LogP contribution is -2.45. The van der Waals surface area contributed by atoms with Gasteiger partial charge in [-0.25, -0.2) is 0 Å². The molecule has 1 N–H and O–H groups in total. The Labute approximate surface area is 136 Å². The number of benzene rings is 1. The number of pyridine rings is 1. The molecule has 2 aromatic rings. The molecule has 1 aromatic heterocycles. The molecular formula is C15H16BrN5O. The summed E-state index contributed by atoms with van der Waals surface area (Å²) in [5.41, 5.74) is 9.68. The number of piperidine rings is 1. The number of aromatic nitrogens is 1. The molecular weight excluding hydrogens is 346 g/mol. The third-order valence-electron chi connectivity index (χ3n) is 4.01. The van der Waals surface area contributed by atoms with E-state index in [9.17, 15) is 5.11 Å². The van der Waals surface area contributed by atoms with Gasteiger partial charge in [0.1, 0.15) is 0 Å². The Morgan fingerprint density at radius 2 is 2.32 bits per heavy atom. The molecule has 1 saturated heterocycles. The number of aliphatic hydroxyl groups excluding tert-OH is 1. The van der Waals surface area contributed by atoms with Crippen LogP contribution in [0.25, 0.3) is 21.2 Å². The van der Waals surface area contributed by atoms with Gasteiger partial charge in [0.2, 0.25) is 0 Å². The minimum absolute atomic E-state index is 0.307. The van der Waals surface area contributed by atoms with Crippen LogP contribution in [-0.4, -0.2) is 40.2 Å². The zero-order valence-electron chi connectivity index (χ0n) is 11.9. The number of hydrogen-bond donors (Lipinski definition) is 1. The SMILES string of the molecule is [N-]=[N+]=NC1CCN(Cc2ccc3cncc(Br)c3c2)CC1O. The van der Waals surface area contributed by atoms with Crippen LogP contribution in [0.1, 0.15) is 12.0 Å². The van der Waals surface area contributed by atoms with Crippen molar-refractivity contribution in [2.45, 2.75) is 25.1 Å². The summed E-state index contributed by atoms with van der Waals surface area (Å²) in [6, 6.07) is 5.99. The van der Waals surface area contributed by atoms with Gasteiger partial charge in [-0.15, -0.1) is 0 Å². The molecule has 0 bridgehead atoms. The van der Waals surface area contributed by atoms with Crippen molar-refractivity contribution in [2.75, 3.05) is 13.1 Å². The van der Waals surface area contributed by atoms with Crippen LogP contribution in [0.5, 0.6) is 0 Å². The maximum absolute atomic E-state index is 10.0. The molecule has 0 amide bonds. The van der Waals surface area contributed by atoms with E-state index in [2.05, 4.69) is 54.0 Å². The first-order valence-electron chi connectivity index (χ1n) is 7.14. The first kappa shape index (κ1) is 15.2. The van der Waals surface area contributed by atoms with E-state index < -0.39 is 6.10 Å². The largest absolute Gasteiger partial charge is 0.391 e. The third-order valence-corrected chi connectivity index (χ3v) is 4.65. The lowest BCUT2D eigenvalue weighted by atomic mass is 10.0. The smallest absolute Gasteiger partial charge is 0.0752 e. The van der Waals surface area contributed by atoms with Gasteiger partial charge in [-0.1, -0.05) is 17.2 Å². The molecule has 6 nitrogen and oxygen atoms in total. The highest BCUT2D eigenvalue weighted by atomic mass is 79.9. The number of aliphatic hydroxyl groups is 1. The van der Waals surface area contributed by atoms with E-state index in [1.165, 1.54) is 5.56 Å². The molecule has 1 aromatic carbocycles. The Bertz CT molecular complexity index is 731. The van der Waals surface area contributed by atoms with Gasteiger partial charge in [-0.05, 0) is 51.4 Å². The molecule has 2 heterocycles. The van der Waals surface area contributed by atoms with Crippen LogP contribution in [0.4, 0.5) is 0 Å². The van der Waals surface area contributed by atoms with Crippen molar-refractivity contribution in [3.8, 4) is 0 Å². The molecule has 7 heteroatoms. The molecule has 0 saturated carbocycles. The Kier molecular flexibility index (Phi) is 4.59. The van der Waals surface area contributed by atoms with Gasteiger partial charge in [-0.2, -0.15) is 0 Å². The second-order valence-corrected chi connectivity index (χ2v) is 6.39. The summed E-state index contributed by atoms with van der Waals surface area (Å²) in [6.07, 6.45) is 3.73. The summed E-state index contributed by atoms with van der Waals surface area (Å²) in [7, 11) is 0. The van der Waals surface area contributed by atoms with Crippen molar-refractivity contribution in [1.29, 1.82) is 0 Å². The monoisotopic (exact) mass is 361 g/mol. The van der Waals surface area contributed by atoms with E-state index in [4.69, 9.17) is 5.53 Å². The predicted octanol–water partition coefficient (Wildman–Crippen LogP) is 3.24. The van der Waals surface area contributed by atoms with E-state index in [1.807, 2.05) is 6.20 Å². The molecule has 22 heavy (non-hydrogen) atoms. The quantitative estimate of drug-likeness (QED) is 0.517. The number of nitrogens with zero attached hydrogens (tertiary/aromatic N) is 5. The first-order valence-corrected chi connectivity index (χ1v) is 7.93. The lowest BCUT2D eigenvalue weighted by Gasteiger charge is -2.33. The van der Waals surface area contributed by atoms with E-state index >= 15 is 0 Å². The van der Waals surface area contributed by atoms with Gasteiger partial charge in [0.15, 0.2) is 0 Å². The van der Waals surface area contributed by atoms with E-state index in [-0.39, 0.29) is 6.04 Å². The molecule has 114 valence electrons. The van der Waals surface area contributed by atoms with E-state index in [0.717, 1.165) is 28.3 Å². The van der Waals surface area contributed by atoms with Crippen molar-refractivity contribution >= 4 is 26.7 Å². The van der Waals surface area contributed by atoms with Crippen molar-refractivity contribution < 1.29 is 5.11 Å². The molecule has 1 fully saturated rings. The van der Waals surface area contributed by atoms with Crippen LogP contribution in [0, 0.1) is 0 Å². The summed E-state index contributed by atoms with van der Waals surface area (Å²) in [4.78, 5) is 9.15. The zero-order chi connectivity index (χ0) is 15.5. The maximum atomic E-state index is 10.0. The highest BCUT2D eigenvalue weighted by Gasteiger charge is 2.26. The van der Waals surface area contributed by atoms with Gasteiger partial charge in [0.25, 0.3) is 0 Å². The fourth-order valence-corrected chi connectivity index (χ4v) is 3.32. The van der Waals surface area contributed by atoms with Gasteiger partial charge >= 0.3 is 0 Å². The molecule has 2 atom stereocenters. The van der Waals surface area contributed by atoms with E-state index in [0.29, 0.717) is 13.0 Å². The third kappa shape index (κ3) is 3.23. The number of rotatable bonds is 3. The van der Waals surface area contributed by atoms with Gasteiger partial charge in [0.05, 0.1) is 12.1 Å². The van der Waals surface area contributed by atoms with Gasteiger partial charge in [-0.3, -0.25) is 9.88 Å². The lowest BCUT2D eigenvalue weighted by molar-refractivity contribution is 0.0501. The second kappa shape index (κ2) is 6.62. The van der Waals surface area contributed by atoms with Crippen LogP contribution < -0.4 is 0 Å². The highest BCUT2D eigenvalue weighted by molar-refractivity contribution is 9.10. The van der Waals surface area contributed by atoms with Gasteiger partial charge in [0, 0.05) is 40.3 Å². The van der Waals surface area contributed by atoms with Crippen LogP contribution in [0.15, 0.2) is 40.2 Å². The molecule has 0 aliphatic carbocycles. The zero-order valence-corrected chi connectivity index (χ0v) is 13.5. The number of likely N-dealkylation sites (tertiary alicyclic amines) is 1. The molecule has 0 spiro atoms. The van der Waals surface area contributed by atoms with Crippen LogP contribution >= 0.6 is 15.9 Å². The number of fused-ring (bicyclic) bond motifs is 1. The summed E-state index contributed by atoms with van der Waals surface area (Å²) >= 11 is 3.53.